The van der Waals surface area contributed by atoms with E-state index in [1.807, 2.05) is 10.9 Å². The molecule has 0 bridgehead atoms. The van der Waals surface area contributed by atoms with Gasteiger partial charge in [0.2, 0.25) is 0 Å². The molecule has 0 amide bonds. The van der Waals surface area contributed by atoms with Gasteiger partial charge in [0.05, 0.1) is 19.3 Å². The molecular formula is C16H30IN5. The Labute approximate surface area is 151 Å². The van der Waals surface area contributed by atoms with Crippen molar-refractivity contribution < 1.29 is 0 Å². The van der Waals surface area contributed by atoms with Crippen LogP contribution in [0.25, 0.3) is 0 Å². The summed E-state index contributed by atoms with van der Waals surface area (Å²) in [5.74, 6) is 1.02. The lowest BCUT2D eigenvalue weighted by Gasteiger charge is -2.62. The second kappa shape index (κ2) is 7.19. The van der Waals surface area contributed by atoms with Crippen LogP contribution in [0.15, 0.2) is 17.4 Å². The molecular weight excluding hydrogens is 389 g/mol. The number of halogens is 1. The summed E-state index contributed by atoms with van der Waals surface area (Å²) in [4.78, 5) is 7.15. The molecule has 2 rings (SSSR count). The van der Waals surface area contributed by atoms with E-state index in [-0.39, 0.29) is 29.5 Å². The van der Waals surface area contributed by atoms with Crippen molar-refractivity contribution in [1.82, 2.24) is 20.0 Å². The van der Waals surface area contributed by atoms with Crippen LogP contribution in [0.3, 0.4) is 0 Å². The smallest absolute Gasteiger partial charge is 0.194 e. The Bertz CT molecular complexity index is 518. The van der Waals surface area contributed by atoms with Gasteiger partial charge in [-0.15, -0.1) is 24.0 Å². The molecule has 126 valence electrons. The summed E-state index contributed by atoms with van der Waals surface area (Å²) in [5.41, 5.74) is 1.65. The van der Waals surface area contributed by atoms with Gasteiger partial charge >= 0.3 is 0 Å². The Morgan fingerprint density at radius 3 is 2.50 bits per heavy atom. The van der Waals surface area contributed by atoms with Gasteiger partial charge in [0.15, 0.2) is 5.96 Å². The molecule has 5 nitrogen and oxygen atoms in total. The Balaban J connectivity index is 0.00000242. The predicted octanol–water partition coefficient (Wildman–Crippen LogP) is 2.90. The lowest BCUT2D eigenvalue weighted by molar-refractivity contribution is -0.0667. The first-order chi connectivity index (χ1) is 9.78. The van der Waals surface area contributed by atoms with Crippen LogP contribution >= 0.6 is 24.0 Å². The van der Waals surface area contributed by atoms with Gasteiger partial charge in [-0.1, -0.05) is 13.8 Å². The molecule has 0 spiro atoms. The van der Waals surface area contributed by atoms with Gasteiger partial charge in [-0.25, -0.2) is 0 Å². The van der Waals surface area contributed by atoms with E-state index in [1.165, 1.54) is 5.56 Å². The SMILES string of the molecule is CCNC(=NCCn1cc(C)cn1)N1CC(C)(C)C1(C)C.I. The molecule has 1 aromatic heterocycles. The van der Waals surface area contributed by atoms with Crippen molar-refractivity contribution >= 4 is 29.9 Å². The molecule has 1 N–H and O–H groups in total. The fraction of sp³-hybridized carbons (Fsp3) is 0.750. The quantitative estimate of drug-likeness (QED) is 0.464. The van der Waals surface area contributed by atoms with E-state index in [0.29, 0.717) is 5.41 Å². The highest BCUT2D eigenvalue weighted by Crippen LogP contribution is 2.46. The summed E-state index contributed by atoms with van der Waals surface area (Å²) in [5, 5.41) is 7.72. The molecule has 1 aliphatic heterocycles. The molecule has 0 unspecified atom stereocenters. The predicted molar refractivity (Wildman–Crippen MR) is 103 cm³/mol. The van der Waals surface area contributed by atoms with E-state index in [2.05, 4.69) is 63.1 Å². The van der Waals surface area contributed by atoms with Crippen molar-refractivity contribution in [3.63, 3.8) is 0 Å². The van der Waals surface area contributed by atoms with Crippen LogP contribution in [-0.2, 0) is 6.54 Å². The Morgan fingerprint density at radius 2 is 2.05 bits per heavy atom. The lowest BCUT2D eigenvalue weighted by Crippen LogP contribution is -2.72. The number of likely N-dealkylation sites (tertiary alicyclic amines) is 1. The molecule has 2 heterocycles. The topological polar surface area (TPSA) is 45.5 Å². The summed E-state index contributed by atoms with van der Waals surface area (Å²) in [6.07, 6.45) is 3.94. The number of aliphatic imine (C=N–C) groups is 1. The number of aryl methyl sites for hydroxylation is 1. The van der Waals surface area contributed by atoms with Crippen LogP contribution in [0.5, 0.6) is 0 Å². The maximum Gasteiger partial charge on any atom is 0.194 e. The highest BCUT2D eigenvalue weighted by molar-refractivity contribution is 14.0. The Kier molecular flexibility index (Phi) is 6.29. The van der Waals surface area contributed by atoms with E-state index in [1.54, 1.807) is 0 Å². The lowest BCUT2D eigenvalue weighted by atomic mass is 9.65. The maximum atomic E-state index is 4.77. The van der Waals surface area contributed by atoms with Crippen LogP contribution in [0.2, 0.25) is 0 Å². The van der Waals surface area contributed by atoms with Crippen molar-refractivity contribution in [1.29, 1.82) is 0 Å². The fourth-order valence-electron chi connectivity index (χ4n) is 2.64. The number of nitrogens with one attached hydrogen (secondary N) is 1. The highest BCUT2D eigenvalue weighted by Gasteiger charge is 2.53. The van der Waals surface area contributed by atoms with Gasteiger partial charge in [0, 0.05) is 30.2 Å². The summed E-state index contributed by atoms with van der Waals surface area (Å²) >= 11 is 0. The van der Waals surface area contributed by atoms with Crippen LogP contribution in [0, 0.1) is 12.3 Å². The van der Waals surface area contributed by atoms with Crippen LogP contribution in [-0.4, -0.2) is 45.8 Å². The minimum absolute atomic E-state index is 0. The van der Waals surface area contributed by atoms with Crippen LogP contribution in [0.1, 0.15) is 40.2 Å². The zero-order valence-electron chi connectivity index (χ0n) is 14.7. The van der Waals surface area contributed by atoms with Gasteiger partial charge in [0.1, 0.15) is 0 Å². The Morgan fingerprint density at radius 1 is 1.36 bits per heavy atom. The largest absolute Gasteiger partial charge is 0.356 e. The number of nitrogens with zero attached hydrogens (tertiary/aromatic N) is 4. The van der Waals surface area contributed by atoms with Gasteiger partial charge in [-0.3, -0.25) is 9.67 Å². The van der Waals surface area contributed by atoms with E-state index in [9.17, 15) is 0 Å². The molecule has 0 aliphatic carbocycles. The zero-order chi connectivity index (χ0) is 15.7. The summed E-state index contributed by atoms with van der Waals surface area (Å²) in [7, 11) is 0. The second-order valence-corrected chi connectivity index (χ2v) is 7.05. The van der Waals surface area contributed by atoms with E-state index in [4.69, 9.17) is 4.99 Å². The van der Waals surface area contributed by atoms with Crippen molar-refractivity contribution in [3.8, 4) is 0 Å². The third-order valence-electron chi connectivity index (χ3n) is 4.83. The molecule has 1 aliphatic rings. The number of hydrogen-bond donors (Lipinski definition) is 1. The van der Waals surface area contributed by atoms with Crippen molar-refractivity contribution in [3.05, 3.63) is 18.0 Å². The first-order valence-corrected chi connectivity index (χ1v) is 7.83. The average Bonchev–Trinajstić information content (AvgIpc) is 2.81. The Hall–Kier alpha value is -0.790. The van der Waals surface area contributed by atoms with Gasteiger partial charge in [0.25, 0.3) is 0 Å². The minimum Gasteiger partial charge on any atom is -0.356 e. The molecule has 1 saturated heterocycles. The van der Waals surface area contributed by atoms with Crippen molar-refractivity contribution in [2.75, 3.05) is 19.6 Å². The first-order valence-electron chi connectivity index (χ1n) is 7.83. The third kappa shape index (κ3) is 3.75. The third-order valence-corrected chi connectivity index (χ3v) is 4.83. The van der Waals surface area contributed by atoms with E-state index >= 15 is 0 Å². The zero-order valence-corrected chi connectivity index (χ0v) is 17.0. The summed E-state index contributed by atoms with van der Waals surface area (Å²) in [6.45, 7) is 16.9. The van der Waals surface area contributed by atoms with E-state index < -0.39 is 0 Å². The number of guanidine groups is 1. The minimum atomic E-state index is 0. The average molecular weight is 419 g/mol. The number of aromatic nitrogens is 2. The van der Waals surface area contributed by atoms with Crippen molar-refractivity contribution in [2.45, 2.75) is 53.6 Å². The molecule has 6 heteroatoms. The molecule has 0 saturated carbocycles. The van der Waals surface area contributed by atoms with Gasteiger partial charge in [-0.05, 0) is 33.3 Å². The number of hydrogen-bond acceptors (Lipinski definition) is 2. The first kappa shape index (κ1) is 19.3. The molecule has 1 fully saturated rings. The van der Waals surface area contributed by atoms with E-state index in [0.717, 1.165) is 32.1 Å². The maximum absolute atomic E-state index is 4.77. The monoisotopic (exact) mass is 419 g/mol. The molecule has 0 radical (unpaired) electrons. The molecule has 0 aromatic carbocycles. The number of rotatable bonds is 4. The van der Waals surface area contributed by atoms with Gasteiger partial charge < -0.3 is 10.2 Å². The van der Waals surface area contributed by atoms with Gasteiger partial charge in [-0.2, -0.15) is 5.10 Å². The standard InChI is InChI=1S/C16H29N5.HI/c1-7-17-14(21-12-15(3,4)16(21,5)6)18-8-9-20-11-13(2)10-19-20;/h10-11H,7-9,12H2,1-6H3,(H,17,18);1H. The molecule has 1 aromatic rings. The fourth-order valence-corrected chi connectivity index (χ4v) is 2.64. The van der Waals surface area contributed by atoms with Crippen molar-refractivity contribution in [2.24, 2.45) is 10.4 Å². The molecule has 22 heavy (non-hydrogen) atoms. The normalized spacial score (nSPS) is 19.4. The second-order valence-electron chi connectivity index (χ2n) is 7.05. The summed E-state index contributed by atoms with van der Waals surface area (Å²) < 4.78 is 1.95. The highest BCUT2D eigenvalue weighted by atomic mass is 127. The molecule has 0 atom stereocenters. The van der Waals surface area contributed by atoms with Crippen LogP contribution < -0.4 is 5.32 Å². The summed E-state index contributed by atoms with van der Waals surface area (Å²) in [6, 6.07) is 0. The van der Waals surface area contributed by atoms with Crippen LogP contribution in [0.4, 0.5) is 0 Å².